The second kappa shape index (κ2) is 6.13. The predicted molar refractivity (Wildman–Crippen MR) is 71.5 cm³/mol. The van der Waals surface area contributed by atoms with E-state index >= 15 is 0 Å². The number of likely N-dealkylation sites (tertiary alicyclic amines) is 1. The van der Waals surface area contributed by atoms with Gasteiger partial charge in [-0.1, -0.05) is 0 Å². The molecule has 1 aromatic heterocycles. The highest BCUT2D eigenvalue weighted by Gasteiger charge is 2.22. The molecule has 2 rings (SSSR count). The Bertz CT molecular complexity index is 441. The molecule has 0 saturated carbocycles. The molecule has 1 fully saturated rings. The molecule has 2 heterocycles. The van der Waals surface area contributed by atoms with Crippen molar-refractivity contribution in [2.45, 2.75) is 13.0 Å². The number of aliphatic hydroxyl groups excluding tert-OH is 1. The molecule has 1 atom stereocenters. The molecule has 0 spiro atoms. The van der Waals surface area contributed by atoms with Crippen molar-refractivity contribution in [1.29, 1.82) is 0 Å². The number of hydrogen-bond donors (Lipinski definition) is 2. The predicted octanol–water partition coefficient (Wildman–Crippen LogP) is 1.66. The number of aliphatic hydroxyl groups is 1. The van der Waals surface area contributed by atoms with Crippen LogP contribution < -0.4 is 0 Å². The Morgan fingerprint density at radius 3 is 3.11 bits per heavy atom. The van der Waals surface area contributed by atoms with Gasteiger partial charge in [0.25, 0.3) is 0 Å². The zero-order chi connectivity index (χ0) is 13.0. The van der Waals surface area contributed by atoms with Gasteiger partial charge < -0.3 is 10.2 Å². The van der Waals surface area contributed by atoms with E-state index < -0.39 is 5.97 Å². The number of aliphatic carboxylic acids is 1. The normalized spacial score (nSPS) is 20.8. The first-order valence-corrected chi connectivity index (χ1v) is 6.87. The second-order valence-electron chi connectivity index (χ2n) is 4.54. The highest BCUT2D eigenvalue weighted by atomic mass is 32.1. The SMILES string of the molecule is O=C(O)/C=C/c1ccsc1CN1CCC(CO)C1. The van der Waals surface area contributed by atoms with Gasteiger partial charge in [-0.15, -0.1) is 11.3 Å². The van der Waals surface area contributed by atoms with Gasteiger partial charge in [-0.05, 0) is 42.0 Å². The van der Waals surface area contributed by atoms with E-state index in [2.05, 4.69) is 4.90 Å². The summed E-state index contributed by atoms with van der Waals surface area (Å²) in [4.78, 5) is 14.0. The van der Waals surface area contributed by atoms with E-state index in [-0.39, 0.29) is 6.61 Å². The zero-order valence-electron chi connectivity index (χ0n) is 10.1. The lowest BCUT2D eigenvalue weighted by Gasteiger charge is -2.14. The average molecular weight is 267 g/mol. The molecule has 5 heteroatoms. The fourth-order valence-electron chi connectivity index (χ4n) is 2.20. The molecule has 1 saturated heterocycles. The summed E-state index contributed by atoms with van der Waals surface area (Å²) in [5.41, 5.74) is 0.981. The molecule has 1 aliphatic rings. The molecule has 1 unspecified atom stereocenters. The van der Waals surface area contributed by atoms with Gasteiger partial charge in [0, 0.05) is 30.6 Å². The lowest BCUT2D eigenvalue weighted by atomic mass is 10.1. The number of rotatable bonds is 5. The van der Waals surface area contributed by atoms with Crippen LogP contribution in [0.15, 0.2) is 17.5 Å². The van der Waals surface area contributed by atoms with Gasteiger partial charge in [-0.3, -0.25) is 4.90 Å². The Labute approximate surface area is 110 Å². The molecular formula is C13H17NO3S. The van der Waals surface area contributed by atoms with Gasteiger partial charge in [0.15, 0.2) is 0 Å². The molecule has 0 aliphatic carbocycles. The maximum absolute atomic E-state index is 10.5. The van der Waals surface area contributed by atoms with Gasteiger partial charge in [-0.2, -0.15) is 0 Å². The molecule has 0 radical (unpaired) electrons. The van der Waals surface area contributed by atoms with E-state index in [1.807, 2.05) is 11.4 Å². The third-order valence-corrected chi connectivity index (χ3v) is 4.10. The number of carbonyl (C=O) groups is 1. The van der Waals surface area contributed by atoms with Crippen molar-refractivity contribution in [3.63, 3.8) is 0 Å². The largest absolute Gasteiger partial charge is 0.478 e. The summed E-state index contributed by atoms with van der Waals surface area (Å²) in [7, 11) is 0. The van der Waals surface area contributed by atoms with Crippen LogP contribution >= 0.6 is 11.3 Å². The minimum atomic E-state index is -0.923. The van der Waals surface area contributed by atoms with Crippen LogP contribution in [0.4, 0.5) is 0 Å². The molecule has 2 N–H and O–H groups in total. The van der Waals surface area contributed by atoms with Gasteiger partial charge in [0.05, 0.1) is 0 Å². The summed E-state index contributed by atoms with van der Waals surface area (Å²) in [6, 6.07) is 1.94. The van der Waals surface area contributed by atoms with Gasteiger partial charge >= 0.3 is 5.97 Å². The highest BCUT2D eigenvalue weighted by molar-refractivity contribution is 7.10. The van der Waals surface area contributed by atoms with Crippen molar-refractivity contribution < 1.29 is 15.0 Å². The molecule has 0 aromatic carbocycles. The van der Waals surface area contributed by atoms with E-state index in [0.717, 1.165) is 31.6 Å². The van der Waals surface area contributed by atoms with E-state index in [9.17, 15) is 4.79 Å². The van der Waals surface area contributed by atoms with Gasteiger partial charge in [0.1, 0.15) is 0 Å². The molecule has 18 heavy (non-hydrogen) atoms. The zero-order valence-corrected chi connectivity index (χ0v) is 10.9. The molecule has 1 aromatic rings. The molecule has 4 nitrogen and oxygen atoms in total. The maximum Gasteiger partial charge on any atom is 0.328 e. The first-order valence-electron chi connectivity index (χ1n) is 5.99. The Kier molecular flexibility index (Phi) is 4.52. The smallest absolute Gasteiger partial charge is 0.328 e. The van der Waals surface area contributed by atoms with E-state index in [4.69, 9.17) is 10.2 Å². The summed E-state index contributed by atoms with van der Waals surface area (Å²) in [6.07, 6.45) is 3.86. The summed E-state index contributed by atoms with van der Waals surface area (Å²) < 4.78 is 0. The number of carboxylic acid groups (broad SMARTS) is 1. The third-order valence-electron chi connectivity index (χ3n) is 3.18. The fraction of sp³-hybridized carbons (Fsp3) is 0.462. The highest BCUT2D eigenvalue weighted by Crippen LogP contribution is 2.24. The standard InChI is InChI=1S/C13H17NO3S/c15-9-10-3-5-14(7-10)8-12-11(4-6-18-12)1-2-13(16)17/h1-2,4,6,10,15H,3,5,7-9H2,(H,16,17)/b2-1+. The lowest BCUT2D eigenvalue weighted by Crippen LogP contribution is -2.20. The van der Waals surface area contributed by atoms with Crippen molar-refractivity contribution >= 4 is 23.4 Å². The molecule has 0 bridgehead atoms. The van der Waals surface area contributed by atoms with Crippen LogP contribution in [0.2, 0.25) is 0 Å². The fourth-order valence-corrected chi connectivity index (χ4v) is 3.11. The number of hydrogen-bond acceptors (Lipinski definition) is 4. The average Bonchev–Trinajstić information content (AvgIpc) is 2.96. The van der Waals surface area contributed by atoms with Crippen LogP contribution in [0.5, 0.6) is 0 Å². The van der Waals surface area contributed by atoms with Crippen LogP contribution in [-0.4, -0.2) is 40.8 Å². The van der Waals surface area contributed by atoms with Crippen LogP contribution in [-0.2, 0) is 11.3 Å². The minimum Gasteiger partial charge on any atom is -0.478 e. The first kappa shape index (κ1) is 13.3. The lowest BCUT2D eigenvalue weighted by molar-refractivity contribution is -0.131. The van der Waals surface area contributed by atoms with Gasteiger partial charge in [0.2, 0.25) is 0 Å². The molecule has 98 valence electrons. The van der Waals surface area contributed by atoms with E-state index in [1.54, 1.807) is 17.4 Å². The third kappa shape index (κ3) is 3.41. The van der Waals surface area contributed by atoms with Crippen LogP contribution in [0.3, 0.4) is 0 Å². The Morgan fingerprint density at radius 2 is 2.44 bits per heavy atom. The quantitative estimate of drug-likeness (QED) is 0.797. The topological polar surface area (TPSA) is 60.8 Å². The summed E-state index contributed by atoms with van der Waals surface area (Å²) in [5.74, 6) is -0.531. The summed E-state index contributed by atoms with van der Waals surface area (Å²) in [5, 5.41) is 19.7. The Balaban J connectivity index is 1.98. The Morgan fingerprint density at radius 1 is 1.61 bits per heavy atom. The van der Waals surface area contributed by atoms with Crippen molar-refractivity contribution in [3.05, 3.63) is 28.0 Å². The Hall–Kier alpha value is -1.17. The maximum atomic E-state index is 10.5. The van der Waals surface area contributed by atoms with Crippen LogP contribution in [0.1, 0.15) is 16.9 Å². The second-order valence-corrected chi connectivity index (χ2v) is 5.54. The van der Waals surface area contributed by atoms with Crippen molar-refractivity contribution in [2.24, 2.45) is 5.92 Å². The van der Waals surface area contributed by atoms with Crippen molar-refractivity contribution in [3.8, 4) is 0 Å². The number of thiophene rings is 1. The first-order chi connectivity index (χ1) is 8.69. The van der Waals surface area contributed by atoms with Crippen molar-refractivity contribution in [1.82, 2.24) is 4.90 Å². The van der Waals surface area contributed by atoms with Crippen LogP contribution in [0.25, 0.3) is 6.08 Å². The minimum absolute atomic E-state index is 0.257. The number of carboxylic acids is 1. The molecule has 0 amide bonds. The summed E-state index contributed by atoms with van der Waals surface area (Å²) >= 11 is 1.65. The molecular weight excluding hydrogens is 250 g/mol. The monoisotopic (exact) mass is 267 g/mol. The summed E-state index contributed by atoms with van der Waals surface area (Å²) in [6.45, 7) is 3.03. The molecule has 1 aliphatic heterocycles. The van der Waals surface area contributed by atoms with E-state index in [1.165, 1.54) is 11.0 Å². The van der Waals surface area contributed by atoms with Crippen LogP contribution in [0, 0.1) is 5.92 Å². The number of nitrogens with zero attached hydrogens (tertiary/aromatic N) is 1. The van der Waals surface area contributed by atoms with E-state index in [0.29, 0.717) is 5.92 Å². The van der Waals surface area contributed by atoms with Gasteiger partial charge in [-0.25, -0.2) is 4.79 Å². The van der Waals surface area contributed by atoms with Crippen molar-refractivity contribution in [2.75, 3.05) is 19.7 Å².